The predicted molar refractivity (Wildman–Crippen MR) is 109 cm³/mol. The van der Waals surface area contributed by atoms with Crippen molar-refractivity contribution in [2.24, 2.45) is 0 Å². The maximum atomic E-state index is 13.2. The maximum absolute atomic E-state index is 13.2. The Labute approximate surface area is 164 Å². The van der Waals surface area contributed by atoms with Crippen molar-refractivity contribution in [2.75, 3.05) is 5.32 Å². The van der Waals surface area contributed by atoms with Crippen LogP contribution in [0.5, 0.6) is 0 Å². The monoisotopic (exact) mass is 393 g/mol. The molecule has 7 heteroatoms. The lowest BCUT2D eigenvalue weighted by atomic mass is 10.1. The van der Waals surface area contributed by atoms with Crippen LogP contribution in [0.4, 0.5) is 10.1 Å². The van der Waals surface area contributed by atoms with Gasteiger partial charge in [-0.05, 0) is 60.9 Å². The zero-order valence-corrected chi connectivity index (χ0v) is 16.0. The van der Waals surface area contributed by atoms with Gasteiger partial charge in [0.15, 0.2) is 4.96 Å². The third-order valence-corrected chi connectivity index (χ3v) is 5.31. The van der Waals surface area contributed by atoms with E-state index in [1.165, 1.54) is 34.1 Å². The summed E-state index contributed by atoms with van der Waals surface area (Å²) < 4.78 is 14.6. The molecule has 0 radical (unpaired) electrons. The molecule has 0 aliphatic heterocycles. The topological polar surface area (TPSA) is 63.5 Å². The molecule has 5 nitrogen and oxygen atoms in total. The number of halogens is 1. The number of fused-ring (bicyclic) bond motifs is 1. The van der Waals surface area contributed by atoms with Crippen LogP contribution in [0.25, 0.3) is 16.2 Å². The van der Waals surface area contributed by atoms with Gasteiger partial charge >= 0.3 is 0 Å². The molecule has 1 N–H and O–H groups in total. The molecule has 0 saturated heterocycles. The van der Waals surface area contributed by atoms with Crippen molar-refractivity contribution in [1.82, 2.24) is 9.38 Å². The zero-order valence-electron chi connectivity index (χ0n) is 15.2. The second kappa shape index (κ2) is 7.01. The highest BCUT2D eigenvalue weighted by molar-refractivity contribution is 7.15. The first-order valence-corrected chi connectivity index (χ1v) is 9.46. The van der Waals surface area contributed by atoms with Gasteiger partial charge in [0.2, 0.25) is 0 Å². The Morgan fingerprint density at radius 1 is 1.14 bits per heavy atom. The van der Waals surface area contributed by atoms with E-state index in [0.717, 1.165) is 11.1 Å². The fourth-order valence-corrected chi connectivity index (χ4v) is 3.79. The smallest absolute Gasteiger partial charge is 0.271 e. The van der Waals surface area contributed by atoms with Gasteiger partial charge in [0.25, 0.3) is 11.5 Å². The molecule has 0 saturated carbocycles. The number of hydrogen-bond donors (Lipinski definition) is 1. The van der Waals surface area contributed by atoms with Gasteiger partial charge < -0.3 is 5.32 Å². The first-order valence-electron chi connectivity index (χ1n) is 8.58. The average Bonchev–Trinajstić information content (AvgIpc) is 3.10. The van der Waals surface area contributed by atoms with E-state index in [-0.39, 0.29) is 11.4 Å². The van der Waals surface area contributed by atoms with E-state index < -0.39 is 11.5 Å². The number of anilines is 1. The summed E-state index contributed by atoms with van der Waals surface area (Å²) in [4.78, 5) is 30.5. The van der Waals surface area contributed by atoms with E-state index in [0.29, 0.717) is 21.9 Å². The summed E-state index contributed by atoms with van der Waals surface area (Å²) in [6, 6.07) is 11.5. The maximum Gasteiger partial charge on any atom is 0.271 e. The van der Waals surface area contributed by atoms with Crippen molar-refractivity contribution in [3.63, 3.8) is 0 Å². The summed E-state index contributed by atoms with van der Waals surface area (Å²) in [5.74, 6) is -0.876. The molecule has 0 fully saturated rings. The van der Waals surface area contributed by atoms with Gasteiger partial charge in [0, 0.05) is 17.3 Å². The Morgan fingerprint density at radius 3 is 2.64 bits per heavy atom. The highest BCUT2D eigenvalue weighted by atomic mass is 32.1. The van der Waals surface area contributed by atoms with E-state index in [9.17, 15) is 14.0 Å². The number of nitrogens with one attached hydrogen (secondary N) is 1. The molecule has 0 spiro atoms. The van der Waals surface area contributed by atoms with E-state index in [4.69, 9.17) is 0 Å². The molecule has 4 rings (SSSR count). The number of carbonyl (C=O) groups excluding carboxylic acids is 1. The number of thiazole rings is 1. The Kier molecular flexibility index (Phi) is 4.52. The first-order chi connectivity index (χ1) is 13.4. The molecule has 0 atom stereocenters. The Bertz CT molecular complexity index is 1260. The molecule has 0 bridgehead atoms. The van der Waals surface area contributed by atoms with Crippen molar-refractivity contribution in [3.8, 4) is 11.3 Å². The lowest BCUT2D eigenvalue weighted by molar-refractivity contribution is 0.102. The van der Waals surface area contributed by atoms with Crippen LogP contribution in [-0.4, -0.2) is 15.3 Å². The van der Waals surface area contributed by atoms with Crippen molar-refractivity contribution >= 4 is 27.9 Å². The van der Waals surface area contributed by atoms with Crippen molar-refractivity contribution in [1.29, 1.82) is 0 Å². The molecule has 2 heterocycles. The lowest BCUT2D eigenvalue weighted by Crippen LogP contribution is -2.26. The number of amides is 1. The number of hydrogen-bond acceptors (Lipinski definition) is 4. The normalized spacial score (nSPS) is 11.0. The van der Waals surface area contributed by atoms with E-state index in [1.807, 2.05) is 32.0 Å². The quantitative estimate of drug-likeness (QED) is 0.560. The number of rotatable bonds is 3. The van der Waals surface area contributed by atoms with Crippen LogP contribution in [-0.2, 0) is 0 Å². The minimum absolute atomic E-state index is 0.0554. The zero-order chi connectivity index (χ0) is 19.8. The highest BCUT2D eigenvalue weighted by Crippen LogP contribution is 2.24. The van der Waals surface area contributed by atoms with Crippen LogP contribution >= 0.6 is 11.3 Å². The molecule has 1 amide bonds. The third-order valence-electron chi connectivity index (χ3n) is 4.47. The standard InChI is InChI=1S/C21H16FN3O2S/c1-12-3-4-13(2)17(9-12)24-19(26)16-10-23-21-25(20(16)27)18(11-28-21)14-5-7-15(22)8-6-14/h3-11H,1-2H3,(H,24,26). The largest absolute Gasteiger partial charge is 0.322 e. The summed E-state index contributed by atoms with van der Waals surface area (Å²) in [6.45, 7) is 3.81. The van der Waals surface area contributed by atoms with Crippen LogP contribution in [0.3, 0.4) is 0 Å². The SMILES string of the molecule is Cc1ccc(C)c(NC(=O)c2cnc3scc(-c4ccc(F)cc4)n3c2=O)c1. The summed E-state index contributed by atoms with van der Waals surface area (Å²) in [5.41, 5.74) is 3.27. The molecule has 0 aliphatic carbocycles. The van der Waals surface area contributed by atoms with Gasteiger partial charge in [-0.15, -0.1) is 11.3 Å². The van der Waals surface area contributed by atoms with E-state index in [1.54, 1.807) is 17.5 Å². The average molecular weight is 393 g/mol. The van der Waals surface area contributed by atoms with Crippen LogP contribution in [0.2, 0.25) is 0 Å². The molecule has 28 heavy (non-hydrogen) atoms. The highest BCUT2D eigenvalue weighted by Gasteiger charge is 2.18. The lowest BCUT2D eigenvalue weighted by Gasteiger charge is -2.09. The van der Waals surface area contributed by atoms with Gasteiger partial charge in [0.1, 0.15) is 11.4 Å². The number of aryl methyl sites for hydroxylation is 2. The number of carbonyl (C=O) groups is 1. The van der Waals surface area contributed by atoms with E-state index >= 15 is 0 Å². The number of benzene rings is 2. The van der Waals surface area contributed by atoms with Crippen molar-refractivity contribution < 1.29 is 9.18 Å². The summed E-state index contributed by atoms with van der Waals surface area (Å²) in [5, 5.41) is 4.56. The Balaban J connectivity index is 1.78. The second-order valence-corrected chi connectivity index (χ2v) is 7.33. The predicted octanol–water partition coefficient (Wildman–Crippen LogP) is 4.43. The van der Waals surface area contributed by atoms with Gasteiger partial charge in [-0.1, -0.05) is 12.1 Å². The minimum Gasteiger partial charge on any atom is -0.322 e. The van der Waals surface area contributed by atoms with E-state index in [2.05, 4.69) is 10.3 Å². The molecule has 4 aromatic rings. The molecule has 140 valence electrons. The second-order valence-electron chi connectivity index (χ2n) is 6.50. The molecular weight excluding hydrogens is 377 g/mol. The molecule has 2 aromatic heterocycles. The molecule has 2 aromatic carbocycles. The van der Waals surface area contributed by atoms with Crippen molar-refractivity contribution in [2.45, 2.75) is 13.8 Å². The fourth-order valence-electron chi connectivity index (χ4n) is 2.93. The van der Waals surface area contributed by atoms with Gasteiger partial charge in [-0.25, -0.2) is 9.37 Å². The summed E-state index contributed by atoms with van der Waals surface area (Å²) in [6.07, 6.45) is 1.29. The minimum atomic E-state index is -0.517. The summed E-state index contributed by atoms with van der Waals surface area (Å²) >= 11 is 1.28. The van der Waals surface area contributed by atoms with Crippen LogP contribution in [0, 0.1) is 19.7 Å². The third kappa shape index (κ3) is 3.20. The number of aromatic nitrogens is 2. The number of nitrogens with zero attached hydrogens (tertiary/aromatic N) is 2. The van der Waals surface area contributed by atoms with Crippen LogP contribution in [0.1, 0.15) is 21.5 Å². The summed E-state index contributed by atoms with van der Waals surface area (Å²) in [7, 11) is 0. The van der Waals surface area contributed by atoms with Crippen LogP contribution < -0.4 is 10.9 Å². The Morgan fingerprint density at radius 2 is 1.89 bits per heavy atom. The molecular formula is C21H16FN3O2S. The first kappa shape index (κ1) is 18.1. The van der Waals surface area contributed by atoms with Crippen molar-refractivity contribution in [3.05, 3.63) is 86.9 Å². The molecule has 0 aliphatic rings. The van der Waals surface area contributed by atoms with Gasteiger partial charge in [0.05, 0.1) is 5.69 Å². The fraction of sp³-hybridized carbons (Fsp3) is 0.0952. The molecule has 0 unspecified atom stereocenters. The van der Waals surface area contributed by atoms with Crippen LogP contribution in [0.15, 0.2) is 58.8 Å². The van der Waals surface area contributed by atoms with Gasteiger partial charge in [-0.3, -0.25) is 14.0 Å². The Hall–Kier alpha value is -3.32. The van der Waals surface area contributed by atoms with Gasteiger partial charge in [-0.2, -0.15) is 0 Å².